The lowest BCUT2D eigenvalue weighted by Crippen LogP contribution is -2.60. The van der Waals surface area contributed by atoms with E-state index in [1.807, 2.05) is 20.8 Å². The number of anilines is 1. The number of likely N-dealkylation sites (tertiary alicyclic amines) is 1. The number of amides is 3. The van der Waals surface area contributed by atoms with Crippen molar-refractivity contribution in [2.75, 3.05) is 18.5 Å². The van der Waals surface area contributed by atoms with E-state index in [2.05, 4.69) is 12.2 Å². The van der Waals surface area contributed by atoms with E-state index in [0.717, 1.165) is 30.6 Å². The number of nitrogens with one attached hydrogen (secondary N) is 1. The van der Waals surface area contributed by atoms with Crippen LogP contribution in [0.2, 0.25) is 0 Å². The first-order chi connectivity index (χ1) is 15.1. The van der Waals surface area contributed by atoms with Crippen molar-refractivity contribution in [2.45, 2.75) is 66.2 Å². The predicted molar refractivity (Wildman–Crippen MR) is 121 cm³/mol. The molecule has 2 atom stereocenters. The van der Waals surface area contributed by atoms with Crippen molar-refractivity contribution in [1.29, 1.82) is 0 Å². The molecule has 1 aliphatic heterocycles. The highest BCUT2D eigenvalue weighted by molar-refractivity contribution is 6.07. The maximum Gasteiger partial charge on any atom is 0.338 e. The van der Waals surface area contributed by atoms with Crippen LogP contribution in [0.4, 0.5) is 5.69 Å². The summed E-state index contributed by atoms with van der Waals surface area (Å²) in [5.74, 6) is -1.61. The molecule has 1 N–H and O–H groups in total. The smallest absolute Gasteiger partial charge is 0.338 e. The first-order valence-electron chi connectivity index (χ1n) is 11.5. The second-order valence-electron chi connectivity index (χ2n) is 9.70. The predicted octanol–water partition coefficient (Wildman–Crippen LogP) is 4.17. The van der Waals surface area contributed by atoms with Crippen LogP contribution in [0, 0.1) is 16.7 Å². The molecule has 3 amide bonds. The second kappa shape index (κ2) is 9.43. The molecule has 0 radical (unpaired) electrons. The molecule has 7 nitrogen and oxygen atoms in total. The molecule has 1 aromatic carbocycles. The number of rotatable bonds is 9. The largest absolute Gasteiger partial charge is 0.462 e. The molecule has 0 aromatic heterocycles. The molecule has 2 unspecified atom stereocenters. The van der Waals surface area contributed by atoms with E-state index in [0.29, 0.717) is 30.7 Å². The fourth-order valence-electron chi connectivity index (χ4n) is 4.86. The number of hydrogen-bond acceptors (Lipinski definition) is 5. The van der Waals surface area contributed by atoms with Crippen LogP contribution in [-0.4, -0.2) is 41.7 Å². The first-order valence-corrected chi connectivity index (χ1v) is 11.5. The molecule has 32 heavy (non-hydrogen) atoms. The summed E-state index contributed by atoms with van der Waals surface area (Å²) in [6, 6.07) is 6.40. The van der Waals surface area contributed by atoms with Crippen LogP contribution in [0.25, 0.3) is 0 Å². The fraction of sp³-hybridized carbons (Fsp3) is 0.600. The maximum atomic E-state index is 13.1. The minimum Gasteiger partial charge on any atom is -0.462 e. The van der Waals surface area contributed by atoms with Gasteiger partial charge in [0.15, 0.2) is 0 Å². The van der Waals surface area contributed by atoms with Gasteiger partial charge in [-0.15, -0.1) is 0 Å². The average Bonchev–Trinajstić information content (AvgIpc) is 2.95. The summed E-state index contributed by atoms with van der Waals surface area (Å²) in [6.45, 7) is 8.05. The molecular weight excluding hydrogens is 408 g/mol. The average molecular weight is 443 g/mol. The number of nitrogens with zero attached hydrogens (tertiary/aromatic N) is 1. The number of piperidine rings is 1. The third-order valence-corrected chi connectivity index (χ3v) is 7.44. The highest BCUT2D eigenvalue weighted by atomic mass is 16.5. The van der Waals surface area contributed by atoms with Crippen molar-refractivity contribution >= 4 is 29.4 Å². The number of carbonyl (C=O) groups excluding carboxylic acids is 4. The van der Waals surface area contributed by atoms with Gasteiger partial charge >= 0.3 is 5.97 Å². The van der Waals surface area contributed by atoms with Gasteiger partial charge in [-0.3, -0.25) is 19.3 Å². The van der Waals surface area contributed by atoms with E-state index in [1.54, 1.807) is 24.3 Å². The van der Waals surface area contributed by atoms with Crippen LogP contribution < -0.4 is 5.32 Å². The topological polar surface area (TPSA) is 92.8 Å². The molecule has 1 aromatic rings. The van der Waals surface area contributed by atoms with E-state index in [1.165, 1.54) is 0 Å². The minimum absolute atomic E-state index is 0.245. The fourth-order valence-corrected chi connectivity index (χ4v) is 4.86. The number of fused-ring (bicyclic) bond motifs is 2. The van der Waals surface area contributed by atoms with Crippen LogP contribution in [-0.2, 0) is 19.1 Å². The summed E-state index contributed by atoms with van der Waals surface area (Å²) < 4.78 is 5.26. The summed E-state index contributed by atoms with van der Waals surface area (Å²) in [6.07, 6.45) is 5.45. The van der Waals surface area contributed by atoms with Gasteiger partial charge in [-0.1, -0.05) is 47.0 Å². The third-order valence-electron chi connectivity index (χ3n) is 7.44. The highest BCUT2D eigenvalue weighted by Gasteiger charge is 2.64. The summed E-state index contributed by atoms with van der Waals surface area (Å²) >= 11 is 0. The summed E-state index contributed by atoms with van der Waals surface area (Å²) in [5.41, 5.74) is -0.147. The van der Waals surface area contributed by atoms with Gasteiger partial charge in [-0.05, 0) is 48.9 Å². The van der Waals surface area contributed by atoms with Gasteiger partial charge in [-0.2, -0.15) is 0 Å². The van der Waals surface area contributed by atoms with E-state index >= 15 is 0 Å². The van der Waals surface area contributed by atoms with Crippen molar-refractivity contribution in [3.05, 3.63) is 29.8 Å². The van der Waals surface area contributed by atoms with E-state index in [4.69, 9.17) is 4.74 Å². The van der Waals surface area contributed by atoms with Crippen LogP contribution in [0.5, 0.6) is 0 Å². The summed E-state index contributed by atoms with van der Waals surface area (Å²) in [4.78, 5) is 51.7. The quantitative estimate of drug-likeness (QED) is 0.352. The number of carbonyl (C=O) groups is 4. The van der Waals surface area contributed by atoms with Gasteiger partial charge in [0.2, 0.25) is 17.7 Å². The zero-order valence-corrected chi connectivity index (χ0v) is 19.5. The molecule has 3 rings (SSSR count). The zero-order chi connectivity index (χ0) is 23.5. The van der Waals surface area contributed by atoms with Crippen LogP contribution in [0.3, 0.4) is 0 Å². The number of esters is 1. The van der Waals surface area contributed by atoms with Gasteiger partial charge in [0.1, 0.15) is 6.54 Å². The van der Waals surface area contributed by atoms with E-state index in [9.17, 15) is 19.2 Å². The van der Waals surface area contributed by atoms with Crippen molar-refractivity contribution < 1.29 is 23.9 Å². The lowest BCUT2D eigenvalue weighted by molar-refractivity contribution is -0.168. The van der Waals surface area contributed by atoms with Gasteiger partial charge < -0.3 is 10.1 Å². The Hall–Kier alpha value is -2.70. The Balaban J connectivity index is 1.55. The number of imide groups is 1. The Kier molecular flexibility index (Phi) is 7.06. The summed E-state index contributed by atoms with van der Waals surface area (Å²) in [7, 11) is 0. The van der Waals surface area contributed by atoms with Gasteiger partial charge in [-0.25, -0.2) is 4.79 Å². The third kappa shape index (κ3) is 4.43. The van der Waals surface area contributed by atoms with Gasteiger partial charge in [0.25, 0.3) is 0 Å². The van der Waals surface area contributed by atoms with Crippen LogP contribution in [0.15, 0.2) is 24.3 Å². The number of unbranched alkanes of at least 4 members (excludes halogenated alkanes) is 3. The molecule has 2 bridgehead atoms. The zero-order valence-electron chi connectivity index (χ0n) is 19.5. The monoisotopic (exact) mass is 442 g/mol. The van der Waals surface area contributed by atoms with Crippen LogP contribution >= 0.6 is 0 Å². The number of hydrogen-bond donors (Lipinski definition) is 1. The van der Waals surface area contributed by atoms with Crippen molar-refractivity contribution in [3.63, 3.8) is 0 Å². The van der Waals surface area contributed by atoms with Crippen molar-refractivity contribution in [1.82, 2.24) is 4.90 Å². The SMILES string of the molecule is CCCCCCOC(=O)c1ccc(NC(=O)CN2C(=O)C3CCC(C)(C2=O)C3(C)C)cc1. The highest BCUT2D eigenvalue weighted by Crippen LogP contribution is 2.59. The van der Waals surface area contributed by atoms with Gasteiger partial charge in [0.05, 0.1) is 17.6 Å². The number of ether oxygens (including phenoxy) is 1. The van der Waals surface area contributed by atoms with Crippen molar-refractivity contribution in [3.8, 4) is 0 Å². The number of benzene rings is 1. The van der Waals surface area contributed by atoms with Crippen LogP contribution in [0.1, 0.15) is 76.6 Å². The molecule has 174 valence electrons. The first kappa shape index (κ1) is 24.0. The van der Waals surface area contributed by atoms with Gasteiger partial charge in [0, 0.05) is 11.6 Å². The molecule has 1 aliphatic carbocycles. The molecule has 0 spiro atoms. The van der Waals surface area contributed by atoms with E-state index in [-0.39, 0.29) is 24.3 Å². The molecule has 2 fully saturated rings. The Morgan fingerprint density at radius 3 is 2.44 bits per heavy atom. The van der Waals surface area contributed by atoms with Crippen molar-refractivity contribution in [2.24, 2.45) is 16.7 Å². The molecule has 1 saturated carbocycles. The molecular formula is C25H34N2O5. The Morgan fingerprint density at radius 1 is 1.09 bits per heavy atom. The standard InChI is InChI=1S/C25H34N2O5/c1-5-6-7-8-15-32-22(30)17-9-11-18(12-10-17)26-20(28)16-27-21(29)19-13-14-25(4,23(27)31)24(19,2)3/h9-12,19H,5-8,13-16H2,1-4H3,(H,26,28). The normalized spacial score (nSPS) is 23.9. The Bertz CT molecular complexity index is 892. The molecule has 1 saturated heterocycles. The van der Waals surface area contributed by atoms with E-state index < -0.39 is 22.7 Å². The Labute approximate surface area is 189 Å². The minimum atomic E-state index is -0.635. The molecule has 1 heterocycles. The Morgan fingerprint density at radius 2 is 1.78 bits per heavy atom. The lowest BCUT2D eigenvalue weighted by atomic mass is 9.62. The molecule has 7 heteroatoms. The molecule has 2 aliphatic rings. The maximum absolute atomic E-state index is 13.1. The summed E-state index contributed by atoms with van der Waals surface area (Å²) in [5, 5.41) is 2.71. The second-order valence-corrected chi connectivity index (χ2v) is 9.70. The lowest BCUT2D eigenvalue weighted by Gasteiger charge is -2.47.